The number of hydrogen-bond acceptors (Lipinski definition) is 3. The Hall–Kier alpha value is -0.420. The SMILES string of the molecule is CNC(CCN1CCC(C)C1CO)c1cccc(Br)c1. The van der Waals surface area contributed by atoms with Crippen molar-refractivity contribution >= 4 is 15.9 Å². The van der Waals surface area contributed by atoms with E-state index in [0.29, 0.717) is 18.0 Å². The molecule has 0 aromatic heterocycles. The Morgan fingerprint density at radius 3 is 2.95 bits per heavy atom. The summed E-state index contributed by atoms with van der Waals surface area (Å²) in [7, 11) is 2.02. The van der Waals surface area contributed by atoms with E-state index >= 15 is 0 Å². The highest BCUT2D eigenvalue weighted by Crippen LogP contribution is 2.26. The maximum atomic E-state index is 9.52. The number of rotatable bonds is 6. The van der Waals surface area contributed by atoms with Gasteiger partial charge >= 0.3 is 0 Å². The molecule has 1 aromatic rings. The summed E-state index contributed by atoms with van der Waals surface area (Å²) in [6.07, 6.45) is 2.27. The van der Waals surface area contributed by atoms with Gasteiger partial charge < -0.3 is 10.4 Å². The lowest BCUT2D eigenvalue weighted by Gasteiger charge is -2.27. The Morgan fingerprint density at radius 1 is 1.50 bits per heavy atom. The molecule has 0 amide bonds. The average molecular weight is 341 g/mol. The molecular formula is C16H25BrN2O. The smallest absolute Gasteiger partial charge is 0.0589 e. The molecule has 0 radical (unpaired) electrons. The first-order valence-corrected chi connectivity index (χ1v) is 8.22. The summed E-state index contributed by atoms with van der Waals surface area (Å²) in [5.74, 6) is 0.610. The second-order valence-corrected chi connectivity index (χ2v) is 6.65. The maximum absolute atomic E-state index is 9.52. The minimum absolute atomic E-state index is 0.280. The summed E-state index contributed by atoms with van der Waals surface area (Å²) in [5, 5.41) is 12.9. The zero-order chi connectivity index (χ0) is 14.5. The van der Waals surface area contributed by atoms with Crippen molar-refractivity contribution in [3.63, 3.8) is 0 Å². The fourth-order valence-electron chi connectivity index (χ4n) is 3.16. The highest BCUT2D eigenvalue weighted by molar-refractivity contribution is 9.10. The molecule has 1 heterocycles. The van der Waals surface area contributed by atoms with Gasteiger partial charge in [0.1, 0.15) is 0 Å². The van der Waals surface area contributed by atoms with E-state index in [1.54, 1.807) is 0 Å². The monoisotopic (exact) mass is 340 g/mol. The molecule has 3 unspecified atom stereocenters. The van der Waals surface area contributed by atoms with Gasteiger partial charge in [0.2, 0.25) is 0 Å². The van der Waals surface area contributed by atoms with Gasteiger partial charge in [-0.3, -0.25) is 4.90 Å². The lowest BCUT2D eigenvalue weighted by atomic mass is 10.0. The van der Waals surface area contributed by atoms with E-state index in [-0.39, 0.29) is 6.61 Å². The Balaban J connectivity index is 1.94. The van der Waals surface area contributed by atoms with Gasteiger partial charge in [-0.25, -0.2) is 0 Å². The number of likely N-dealkylation sites (tertiary alicyclic amines) is 1. The van der Waals surface area contributed by atoms with E-state index in [0.717, 1.165) is 24.0 Å². The second-order valence-electron chi connectivity index (χ2n) is 5.74. The topological polar surface area (TPSA) is 35.5 Å². The van der Waals surface area contributed by atoms with E-state index in [1.165, 1.54) is 12.0 Å². The number of halogens is 1. The van der Waals surface area contributed by atoms with Gasteiger partial charge in [0.15, 0.2) is 0 Å². The Morgan fingerprint density at radius 2 is 2.30 bits per heavy atom. The van der Waals surface area contributed by atoms with Crippen LogP contribution in [-0.4, -0.2) is 42.8 Å². The number of aliphatic hydroxyl groups excluding tert-OH is 1. The molecule has 2 N–H and O–H groups in total. The quantitative estimate of drug-likeness (QED) is 0.835. The van der Waals surface area contributed by atoms with Crippen LogP contribution in [0.25, 0.3) is 0 Å². The molecule has 0 saturated carbocycles. The van der Waals surface area contributed by atoms with E-state index in [9.17, 15) is 5.11 Å². The highest BCUT2D eigenvalue weighted by Gasteiger charge is 2.30. The number of benzene rings is 1. The summed E-state index contributed by atoms with van der Waals surface area (Å²) >= 11 is 3.53. The molecule has 20 heavy (non-hydrogen) atoms. The predicted octanol–water partition coefficient (Wildman–Crippen LogP) is 2.80. The van der Waals surface area contributed by atoms with Crippen molar-refractivity contribution in [2.24, 2.45) is 5.92 Å². The first-order valence-electron chi connectivity index (χ1n) is 7.43. The summed E-state index contributed by atoms with van der Waals surface area (Å²) in [4.78, 5) is 2.44. The van der Waals surface area contributed by atoms with Crippen LogP contribution in [-0.2, 0) is 0 Å². The van der Waals surface area contributed by atoms with Gasteiger partial charge in [0.25, 0.3) is 0 Å². The van der Waals surface area contributed by atoms with Gasteiger partial charge in [0, 0.05) is 23.1 Å². The zero-order valence-corrected chi connectivity index (χ0v) is 13.9. The molecule has 0 bridgehead atoms. The summed E-state index contributed by atoms with van der Waals surface area (Å²) in [6.45, 7) is 4.67. The van der Waals surface area contributed by atoms with Gasteiger partial charge in [0.05, 0.1) is 6.61 Å². The predicted molar refractivity (Wildman–Crippen MR) is 86.8 cm³/mol. The number of aliphatic hydroxyl groups is 1. The lowest BCUT2D eigenvalue weighted by molar-refractivity contribution is 0.135. The van der Waals surface area contributed by atoms with Crippen LogP contribution < -0.4 is 5.32 Å². The van der Waals surface area contributed by atoms with Crippen LogP contribution in [0, 0.1) is 5.92 Å². The maximum Gasteiger partial charge on any atom is 0.0589 e. The Kier molecular flexibility index (Phi) is 6.02. The molecule has 1 aliphatic heterocycles. The lowest BCUT2D eigenvalue weighted by Crippen LogP contribution is -2.37. The molecule has 1 saturated heterocycles. The van der Waals surface area contributed by atoms with Crippen LogP contribution in [0.15, 0.2) is 28.7 Å². The van der Waals surface area contributed by atoms with Crippen LogP contribution in [0.2, 0.25) is 0 Å². The third kappa shape index (κ3) is 3.82. The first kappa shape index (κ1) is 16.0. The number of nitrogens with zero attached hydrogens (tertiary/aromatic N) is 1. The second kappa shape index (κ2) is 7.55. The van der Waals surface area contributed by atoms with Crippen molar-refractivity contribution in [1.82, 2.24) is 10.2 Å². The number of hydrogen-bond donors (Lipinski definition) is 2. The molecule has 0 spiro atoms. The van der Waals surface area contributed by atoms with Crippen molar-refractivity contribution in [2.75, 3.05) is 26.7 Å². The van der Waals surface area contributed by atoms with Gasteiger partial charge in [-0.1, -0.05) is 35.0 Å². The first-order chi connectivity index (χ1) is 9.65. The molecule has 4 heteroatoms. The van der Waals surface area contributed by atoms with E-state index in [1.807, 2.05) is 7.05 Å². The molecule has 112 valence electrons. The third-order valence-corrected chi connectivity index (χ3v) is 4.98. The summed E-state index contributed by atoms with van der Waals surface area (Å²) in [5.41, 5.74) is 1.31. The molecule has 1 aliphatic rings. The van der Waals surface area contributed by atoms with Gasteiger partial charge in [-0.15, -0.1) is 0 Å². The van der Waals surface area contributed by atoms with Crippen molar-refractivity contribution in [3.8, 4) is 0 Å². The fourth-order valence-corrected chi connectivity index (χ4v) is 3.57. The van der Waals surface area contributed by atoms with Crippen LogP contribution in [0.3, 0.4) is 0 Å². The van der Waals surface area contributed by atoms with Gasteiger partial charge in [-0.05, 0) is 50.0 Å². The zero-order valence-electron chi connectivity index (χ0n) is 12.3. The molecular weight excluding hydrogens is 316 g/mol. The van der Waals surface area contributed by atoms with Crippen molar-refractivity contribution in [3.05, 3.63) is 34.3 Å². The molecule has 3 nitrogen and oxygen atoms in total. The highest BCUT2D eigenvalue weighted by atomic mass is 79.9. The van der Waals surface area contributed by atoms with Crippen LogP contribution in [0.5, 0.6) is 0 Å². The van der Waals surface area contributed by atoms with Gasteiger partial charge in [-0.2, -0.15) is 0 Å². The Labute approximate surface area is 130 Å². The standard InChI is InChI=1S/C16H25BrN2O/c1-12-6-8-19(16(12)11-20)9-7-15(18-2)13-4-3-5-14(17)10-13/h3-5,10,12,15-16,18,20H,6-9,11H2,1-2H3. The van der Waals surface area contributed by atoms with Crippen molar-refractivity contribution < 1.29 is 5.11 Å². The van der Waals surface area contributed by atoms with Crippen LogP contribution in [0.4, 0.5) is 0 Å². The minimum atomic E-state index is 0.280. The molecule has 1 aromatic carbocycles. The fraction of sp³-hybridized carbons (Fsp3) is 0.625. The molecule has 3 atom stereocenters. The van der Waals surface area contributed by atoms with E-state index in [2.05, 4.69) is 57.3 Å². The van der Waals surface area contributed by atoms with E-state index in [4.69, 9.17) is 0 Å². The van der Waals surface area contributed by atoms with Crippen LogP contribution in [0.1, 0.15) is 31.4 Å². The summed E-state index contributed by atoms with van der Waals surface area (Å²) < 4.78 is 1.12. The number of nitrogens with one attached hydrogen (secondary N) is 1. The van der Waals surface area contributed by atoms with E-state index < -0.39 is 0 Å². The molecule has 1 fully saturated rings. The minimum Gasteiger partial charge on any atom is -0.395 e. The molecule has 0 aliphatic carbocycles. The van der Waals surface area contributed by atoms with Crippen molar-refractivity contribution in [2.45, 2.75) is 31.8 Å². The largest absolute Gasteiger partial charge is 0.395 e. The molecule has 2 rings (SSSR count). The third-order valence-electron chi connectivity index (χ3n) is 4.49. The van der Waals surface area contributed by atoms with Crippen molar-refractivity contribution in [1.29, 1.82) is 0 Å². The normalized spacial score (nSPS) is 25.0. The Bertz CT molecular complexity index is 427. The summed E-state index contributed by atoms with van der Waals surface area (Å²) in [6, 6.07) is 9.19. The average Bonchev–Trinajstić information content (AvgIpc) is 2.80. The van der Waals surface area contributed by atoms with Crippen LogP contribution >= 0.6 is 15.9 Å².